The van der Waals surface area contributed by atoms with Crippen molar-refractivity contribution >= 4 is 35.5 Å². The maximum atomic E-state index is 12.8. The Bertz CT molecular complexity index is 601. The zero-order valence-corrected chi connectivity index (χ0v) is 18.7. The number of thioether (sulfide) groups is 1. The van der Waals surface area contributed by atoms with Crippen LogP contribution in [-0.4, -0.2) is 87.4 Å². The molecule has 0 aliphatic carbocycles. The highest BCUT2D eigenvalue weighted by Crippen LogP contribution is 2.07. The van der Waals surface area contributed by atoms with E-state index < -0.39 is 60.1 Å². The Morgan fingerprint density at radius 3 is 1.80 bits per heavy atom. The first-order valence-electron chi connectivity index (χ1n) is 9.58. The van der Waals surface area contributed by atoms with Gasteiger partial charge in [0, 0.05) is 0 Å². The molecular formula is C18H34N4O7S. The van der Waals surface area contributed by atoms with E-state index in [1.807, 2.05) is 0 Å². The highest BCUT2D eigenvalue weighted by Gasteiger charge is 2.33. The van der Waals surface area contributed by atoms with Crippen molar-refractivity contribution in [3.05, 3.63) is 0 Å². The van der Waals surface area contributed by atoms with Crippen LogP contribution in [0, 0.1) is 5.92 Å². The minimum absolute atomic E-state index is 0.205. The van der Waals surface area contributed by atoms with Gasteiger partial charge in [-0.1, -0.05) is 13.8 Å². The van der Waals surface area contributed by atoms with Crippen LogP contribution in [0.1, 0.15) is 34.1 Å². The third-order valence-electron chi connectivity index (χ3n) is 4.36. The van der Waals surface area contributed by atoms with E-state index in [0.29, 0.717) is 5.75 Å². The molecule has 6 unspecified atom stereocenters. The number of carboxylic acid groups (broad SMARTS) is 1. The minimum Gasteiger partial charge on any atom is -0.480 e. The van der Waals surface area contributed by atoms with Crippen molar-refractivity contribution in [2.24, 2.45) is 11.7 Å². The van der Waals surface area contributed by atoms with Crippen molar-refractivity contribution in [1.29, 1.82) is 0 Å². The quantitative estimate of drug-likeness (QED) is 0.167. The van der Waals surface area contributed by atoms with E-state index in [9.17, 15) is 29.4 Å². The number of nitrogens with one attached hydrogen (secondary N) is 3. The fourth-order valence-electron chi connectivity index (χ4n) is 2.41. The van der Waals surface area contributed by atoms with Gasteiger partial charge in [0.05, 0.1) is 12.2 Å². The summed E-state index contributed by atoms with van der Waals surface area (Å²) in [5, 5.41) is 35.4. The maximum Gasteiger partial charge on any atom is 0.328 e. The molecular weight excluding hydrogens is 416 g/mol. The van der Waals surface area contributed by atoms with Crippen LogP contribution in [0.25, 0.3) is 0 Å². The number of aliphatic carboxylic acids is 1. The maximum absolute atomic E-state index is 12.8. The molecule has 0 saturated carbocycles. The Morgan fingerprint density at radius 1 is 0.867 bits per heavy atom. The molecule has 12 heteroatoms. The monoisotopic (exact) mass is 450 g/mol. The number of carbonyl (C=O) groups is 4. The standard InChI is InChI=1S/C18H34N4O7S/c1-8(2)13(21-16(26)12(19)9(3)23)17(27)20-11(6-7-30-5)15(25)22-14(10(4)24)18(28)29/h8-14,23-24H,6-7,19H2,1-5H3,(H,20,27)(H,21,26)(H,22,25)(H,28,29). The molecule has 0 aliphatic rings. The Labute approximate surface area is 180 Å². The Hall–Kier alpha value is -1.89. The molecule has 0 saturated heterocycles. The molecule has 0 aromatic carbocycles. The van der Waals surface area contributed by atoms with E-state index in [4.69, 9.17) is 10.8 Å². The molecule has 11 nitrogen and oxygen atoms in total. The van der Waals surface area contributed by atoms with Crippen LogP contribution in [0.5, 0.6) is 0 Å². The predicted molar refractivity (Wildman–Crippen MR) is 113 cm³/mol. The van der Waals surface area contributed by atoms with Gasteiger partial charge in [0.1, 0.15) is 18.1 Å². The lowest BCUT2D eigenvalue weighted by molar-refractivity contribution is -0.145. The lowest BCUT2D eigenvalue weighted by Gasteiger charge is -2.27. The smallest absolute Gasteiger partial charge is 0.328 e. The molecule has 0 bridgehead atoms. The van der Waals surface area contributed by atoms with Gasteiger partial charge in [0.2, 0.25) is 17.7 Å². The molecule has 0 fully saturated rings. The molecule has 0 aromatic rings. The predicted octanol–water partition coefficient (Wildman–Crippen LogP) is -1.98. The molecule has 0 spiro atoms. The van der Waals surface area contributed by atoms with Crippen molar-refractivity contribution < 1.29 is 34.5 Å². The molecule has 0 rings (SSSR count). The number of nitrogens with two attached hydrogens (primary N) is 1. The lowest BCUT2D eigenvalue weighted by Crippen LogP contribution is -2.60. The van der Waals surface area contributed by atoms with Crippen LogP contribution in [0.3, 0.4) is 0 Å². The van der Waals surface area contributed by atoms with Gasteiger partial charge in [-0.15, -0.1) is 0 Å². The summed E-state index contributed by atoms with van der Waals surface area (Å²) in [5.74, 6) is -3.40. The number of rotatable bonds is 13. The summed E-state index contributed by atoms with van der Waals surface area (Å²) >= 11 is 1.43. The van der Waals surface area contributed by atoms with Crippen molar-refractivity contribution in [3.63, 3.8) is 0 Å². The normalized spacial score (nSPS) is 17.2. The summed E-state index contributed by atoms with van der Waals surface area (Å²) < 4.78 is 0. The number of aliphatic hydroxyl groups excluding tert-OH is 2. The van der Waals surface area contributed by atoms with Gasteiger partial charge in [0.25, 0.3) is 0 Å². The molecule has 0 radical (unpaired) electrons. The lowest BCUT2D eigenvalue weighted by atomic mass is 10.0. The van der Waals surface area contributed by atoms with Gasteiger partial charge in [0.15, 0.2) is 6.04 Å². The van der Waals surface area contributed by atoms with Crippen LogP contribution in [0.4, 0.5) is 0 Å². The van der Waals surface area contributed by atoms with Crippen molar-refractivity contribution in [2.45, 2.75) is 70.5 Å². The van der Waals surface area contributed by atoms with Crippen LogP contribution < -0.4 is 21.7 Å². The Balaban J connectivity index is 5.39. The third kappa shape index (κ3) is 9.28. The second-order valence-electron chi connectivity index (χ2n) is 7.40. The van der Waals surface area contributed by atoms with E-state index in [0.717, 1.165) is 0 Å². The van der Waals surface area contributed by atoms with E-state index in [1.165, 1.54) is 25.6 Å². The largest absolute Gasteiger partial charge is 0.480 e. The first kappa shape index (κ1) is 28.1. The molecule has 0 heterocycles. The van der Waals surface area contributed by atoms with Gasteiger partial charge in [-0.2, -0.15) is 11.8 Å². The van der Waals surface area contributed by atoms with Crippen LogP contribution in [0.15, 0.2) is 0 Å². The topological polar surface area (TPSA) is 191 Å². The summed E-state index contributed by atoms with van der Waals surface area (Å²) in [6.07, 6.45) is -0.444. The summed E-state index contributed by atoms with van der Waals surface area (Å²) in [5.41, 5.74) is 5.60. The van der Waals surface area contributed by atoms with Crippen LogP contribution >= 0.6 is 11.8 Å². The molecule has 3 amide bonds. The SMILES string of the molecule is CSCCC(NC(=O)C(NC(=O)C(N)C(C)O)C(C)C)C(=O)NC(C(=O)O)C(C)O. The van der Waals surface area contributed by atoms with Crippen LogP contribution in [0.2, 0.25) is 0 Å². The molecule has 0 aliphatic heterocycles. The van der Waals surface area contributed by atoms with Crippen molar-refractivity contribution in [2.75, 3.05) is 12.0 Å². The highest BCUT2D eigenvalue weighted by molar-refractivity contribution is 7.98. The van der Waals surface area contributed by atoms with Gasteiger partial charge >= 0.3 is 5.97 Å². The average Bonchev–Trinajstić information content (AvgIpc) is 2.64. The molecule has 0 aromatic heterocycles. The van der Waals surface area contributed by atoms with Gasteiger partial charge < -0.3 is 37.0 Å². The first-order valence-corrected chi connectivity index (χ1v) is 11.0. The zero-order valence-electron chi connectivity index (χ0n) is 17.9. The number of amides is 3. The average molecular weight is 451 g/mol. The summed E-state index contributed by atoms with van der Waals surface area (Å²) in [6.45, 7) is 5.94. The van der Waals surface area contributed by atoms with Crippen molar-refractivity contribution in [3.8, 4) is 0 Å². The fraction of sp³-hybridized carbons (Fsp3) is 0.778. The van der Waals surface area contributed by atoms with E-state index >= 15 is 0 Å². The van der Waals surface area contributed by atoms with Crippen LogP contribution in [-0.2, 0) is 19.2 Å². The van der Waals surface area contributed by atoms with Gasteiger partial charge in [-0.25, -0.2) is 4.79 Å². The molecule has 30 heavy (non-hydrogen) atoms. The van der Waals surface area contributed by atoms with E-state index in [1.54, 1.807) is 20.1 Å². The molecule has 6 atom stereocenters. The van der Waals surface area contributed by atoms with E-state index in [-0.39, 0.29) is 12.3 Å². The Kier molecular flexibility index (Phi) is 12.6. The van der Waals surface area contributed by atoms with Gasteiger partial charge in [-0.3, -0.25) is 14.4 Å². The zero-order chi connectivity index (χ0) is 23.6. The highest BCUT2D eigenvalue weighted by atomic mass is 32.2. The number of carboxylic acids is 1. The summed E-state index contributed by atoms with van der Waals surface area (Å²) in [6, 6.07) is -4.86. The third-order valence-corrected chi connectivity index (χ3v) is 5.00. The Morgan fingerprint density at radius 2 is 1.40 bits per heavy atom. The number of hydrogen-bond acceptors (Lipinski definition) is 8. The van der Waals surface area contributed by atoms with Gasteiger partial charge in [-0.05, 0) is 38.2 Å². The first-order chi connectivity index (χ1) is 13.8. The molecule has 174 valence electrons. The summed E-state index contributed by atoms with van der Waals surface area (Å²) in [7, 11) is 0. The number of carbonyl (C=O) groups excluding carboxylic acids is 3. The number of hydrogen-bond donors (Lipinski definition) is 7. The van der Waals surface area contributed by atoms with E-state index in [2.05, 4.69) is 16.0 Å². The second kappa shape index (κ2) is 13.4. The summed E-state index contributed by atoms with van der Waals surface area (Å²) in [4.78, 5) is 48.7. The minimum atomic E-state index is -1.53. The second-order valence-corrected chi connectivity index (χ2v) is 8.39. The number of aliphatic hydroxyl groups is 2. The molecule has 8 N–H and O–H groups in total. The van der Waals surface area contributed by atoms with Crippen molar-refractivity contribution in [1.82, 2.24) is 16.0 Å². The fourth-order valence-corrected chi connectivity index (χ4v) is 2.88.